The molecule has 2 aromatic heterocycles. The van der Waals surface area contributed by atoms with Crippen LogP contribution < -0.4 is 5.43 Å². The third kappa shape index (κ3) is 4.84. The SMILES string of the molecule is COC(=O)C[C@@H](c1cccnc1)c1oc(CSc2ccc3ccccc3c2)cc(=O)c1O. The standard InChI is InChI=1S/C25H21NO5S/c1-30-23(28)13-21(18-7-4-10-26-14-18)25-24(29)22(27)12-19(31-25)15-32-20-9-8-16-5-2-3-6-17(16)11-20/h2-12,14,21,29H,13,15H2,1H3/t21-/m0/s1. The number of carbonyl (C=O) groups excluding carboxylic acids is 1. The molecule has 6 nitrogen and oxygen atoms in total. The van der Waals surface area contributed by atoms with Gasteiger partial charge in [0.2, 0.25) is 11.2 Å². The number of hydrogen-bond acceptors (Lipinski definition) is 7. The maximum Gasteiger partial charge on any atom is 0.306 e. The minimum atomic E-state index is -0.700. The van der Waals surface area contributed by atoms with Gasteiger partial charge in [0.15, 0.2) is 5.76 Å². The monoisotopic (exact) mass is 447 g/mol. The zero-order valence-corrected chi connectivity index (χ0v) is 18.2. The molecule has 0 bridgehead atoms. The quantitative estimate of drug-likeness (QED) is 0.319. The van der Waals surface area contributed by atoms with Crippen LogP contribution in [-0.2, 0) is 15.3 Å². The van der Waals surface area contributed by atoms with Crippen LogP contribution in [0.5, 0.6) is 5.75 Å². The van der Waals surface area contributed by atoms with Crippen molar-refractivity contribution in [2.75, 3.05) is 7.11 Å². The zero-order valence-electron chi connectivity index (χ0n) is 17.4. The molecule has 0 aliphatic heterocycles. The summed E-state index contributed by atoms with van der Waals surface area (Å²) >= 11 is 1.52. The maximum absolute atomic E-state index is 12.5. The van der Waals surface area contributed by atoms with Crippen LogP contribution in [0.3, 0.4) is 0 Å². The molecule has 0 saturated carbocycles. The first-order chi connectivity index (χ1) is 15.5. The van der Waals surface area contributed by atoms with Crippen molar-refractivity contribution < 1.29 is 19.1 Å². The van der Waals surface area contributed by atoms with Crippen LogP contribution in [0.15, 0.2) is 87.2 Å². The summed E-state index contributed by atoms with van der Waals surface area (Å²) in [5, 5.41) is 12.7. The molecule has 2 aromatic carbocycles. The Hall–Kier alpha value is -3.58. The van der Waals surface area contributed by atoms with E-state index in [1.807, 2.05) is 30.3 Å². The van der Waals surface area contributed by atoms with Gasteiger partial charge in [-0.15, -0.1) is 11.8 Å². The molecule has 0 radical (unpaired) electrons. The van der Waals surface area contributed by atoms with Crippen LogP contribution in [0.2, 0.25) is 0 Å². The highest BCUT2D eigenvalue weighted by Crippen LogP contribution is 2.34. The number of benzene rings is 2. The van der Waals surface area contributed by atoms with Crippen molar-refractivity contribution in [3.63, 3.8) is 0 Å². The van der Waals surface area contributed by atoms with Crippen LogP contribution in [0.1, 0.15) is 29.4 Å². The number of methoxy groups -OCH3 is 1. The van der Waals surface area contributed by atoms with Crippen molar-refractivity contribution in [2.45, 2.75) is 23.0 Å². The van der Waals surface area contributed by atoms with Gasteiger partial charge in [-0.3, -0.25) is 14.6 Å². The number of ether oxygens (including phenoxy) is 1. The van der Waals surface area contributed by atoms with E-state index in [2.05, 4.69) is 17.1 Å². The van der Waals surface area contributed by atoms with E-state index in [-0.39, 0.29) is 12.2 Å². The summed E-state index contributed by atoms with van der Waals surface area (Å²) in [7, 11) is 1.29. The Morgan fingerprint density at radius 1 is 1.12 bits per heavy atom. The van der Waals surface area contributed by atoms with E-state index in [0.29, 0.717) is 17.1 Å². The fourth-order valence-electron chi connectivity index (χ4n) is 3.47. The Kier molecular flexibility index (Phi) is 6.56. The van der Waals surface area contributed by atoms with Gasteiger partial charge in [-0.05, 0) is 34.5 Å². The van der Waals surface area contributed by atoms with Gasteiger partial charge in [-0.2, -0.15) is 0 Å². The molecular weight excluding hydrogens is 426 g/mol. The largest absolute Gasteiger partial charge is 0.502 e. The summed E-state index contributed by atoms with van der Waals surface area (Å²) in [5.74, 6) is -0.878. The van der Waals surface area contributed by atoms with Crippen LogP contribution >= 0.6 is 11.8 Å². The summed E-state index contributed by atoms with van der Waals surface area (Å²) in [6.07, 6.45) is 3.08. The molecule has 162 valence electrons. The molecule has 1 N–H and O–H groups in total. The predicted molar refractivity (Wildman–Crippen MR) is 123 cm³/mol. The predicted octanol–water partition coefficient (Wildman–Crippen LogP) is 4.88. The average molecular weight is 448 g/mol. The molecule has 7 heteroatoms. The maximum atomic E-state index is 12.5. The van der Waals surface area contributed by atoms with Gasteiger partial charge in [-0.1, -0.05) is 36.4 Å². The smallest absolute Gasteiger partial charge is 0.306 e. The molecule has 0 saturated heterocycles. The van der Waals surface area contributed by atoms with Crippen molar-refractivity contribution in [1.82, 2.24) is 4.98 Å². The van der Waals surface area contributed by atoms with Gasteiger partial charge in [0, 0.05) is 23.4 Å². The Labute approximate surface area is 188 Å². The average Bonchev–Trinajstić information content (AvgIpc) is 2.83. The van der Waals surface area contributed by atoms with E-state index in [1.165, 1.54) is 24.9 Å². The molecule has 0 aliphatic carbocycles. The molecule has 4 rings (SSSR count). The van der Waals surface area contributed by atoms with Crippen molar-refractivity contribution in [2.24, 2.45) is 0 Å². The lowest BCUT2D eigenvalue weighted by atomic mass is 9.93. The minimum absolute atomic E-state index is 0.0324. The second-order valence-corrected chi connectivity index (χ2v) is 8.26. The molecule has 0 amide bonds. The summed E-state index contributed by atoms with van der Waals surface area (Å²) in [4.78, 5) is 29.6. The van der Waals surface area contributed by atoms with Gasteiger partial charge in [0.25, 0.3) is 0 Å². The lowest BCUT2D eigenvalue weighted by Gasteiger charge is -2.17. The Morgan fingerprint density at radius 3 is 2.69 bits per heavy atom. The highest BCUT2D eigenvalue weighted by Gasteiger charge is 2.26. The highest BCUT2D eigenvalue weighted by molar-refractivity contribution is 7.98. The van der Waals surface area contributed by atoms with Gasteiger partial charge < -0.3 is 14.3 Å². The van der Waals surface area contributed by atoms with Gasteiger partial charge in [0.1, 0.15) is 5.76 Å². The molecule has 32 heavy (non-hydrogen) atoms. The fourth-order valence-corrected chi connectivity index (χ4v) is 4.29. The Bertz CT molecular complexity index is 1300. The molecule has 0 spiro atoms. The van der Waals surface area contributed by atoms with E-state index in [1.54, 1.807) is 24.5 Å². The molecule has 0 unspecified atom stereocenters. The molecule has 2 heterocycles. The highest BCUT2D eigenvalue weighted by atomic mass is 32.2. The number of pyridine rings is 1. The summed E-state index contributed by atoms with van der Waals surface area (Å²) in [5.41, 5.74) is 0.0785. The number of esters is 1. The zero-order chi connectivity index (χ0) is 22.5. The number of thioether (sulfide) groups is 1. The normalized spacial score (nSPS) is 11.9. The van der Waals surface area contributed by atoms with E-state index in [9.17, 15) is 14.7 Å². The minimum Gasteiger partial charge on any atom is -0.502 e. The van der Waals surface area contributed by atoms with Gasteiger partial charge in [-0.25, -0.2) is 0 Å². The topological polar surface area (TPSA) is 89.6 Å². The molecule has 0 aliphatic rings. The second-order valence-electron chi connectivity index (χ2n) is 7.21. The number of fused-ring (bicyclic) bond motifs is 1. The summed E-state index contributed by atoms with van der Waals surface area (Å²) in [6, 6.07) is 19.0. The molecule has 1 atom stereocenters. The van der Waals surface area contributed by atoms with E-state index in [4.69, 9.17) is 9.15 Å². The van der Waals surface area contributed by atoms with E-state index in [0.717, 1.165) is 15.7 Å². The Morgan fingerprint density at radius 2 is 1.94 bits per heavy atom. The number of hydrogen-bond donors (Lipinski definition) is 1. The van der Waals surface area contributed by atoms with E-state index < -0.39 is 23.1 Å². The molecule has 4 aromatic rings. The fraction of sp³-hybridized carbons (Fsp3) is 0.160. The first kappa shape index (κ1) is 21.6. The van der Waals surface area contributed by atoms with Gasteiger partial charge in [0.05, 0.1) is 25.2 Å². The van der Waals surface area contributed by atoms with Gasteiger partial charge >= 0.3 is 5.97 Å². The number of aromatic hydroxyl groups is 1. The van der Waals surface area contributed by atoms with Crippen molar-refractivity contribution in [3.05, 3.63) is 100 Å². The lowest BCUT2D eigenvalue weighted by Crippen LogP contribution is -2.14. The number of carbonyl (C=O) groups is 1. The van der Waals surface area contributed by atoms with Crippen LogP contribution in [0.25, 0.3) is 10.8 Å². The Balaban J connectivity index is 1.64. The van der Waals surface area contributed by atoms with Crippen molar-refractivity contribution in [1.29, 1.82) is 0 Å². The summed E-state index contributed by atoms with van der Waals surface area (Å²) < 4.78 is 10.8. The number of nitrogens with zero attached hydrogens (tertiary/aromatic N) is 1. The first-order valence-corrected chi connectivity index (χ1v) is 11.0. The van der Waals surface area contributed by atoms with Crippen LogP contribution in [0, 0.1) is 0 Å². The second kappa shape index (κ2) is 9.70. The number of aromatic nitrogens is 1. The number of rotatable bonds is 7. The van der Waals surface area contributed by atoms with Crippen molar-refractivity contribution >= 4 is 28.5 Å². The third-order valence-electron chi connectivity index (χ3n) is 5.10. The third-order valence-corrected chi connectivity index (χ3v) is 6.12. The van der Waals surface area contributed by atoms with Crippen LogP contribution in [-0.4, -0.2) is 23.2 Å². The lowest BCUT2D eigenvalue weighted by molar-refractivity contribution is -0.140. The van der Waals surface area contributed by atoms with Crippen LogP contribution in [0.4, 0.5) is 0 Å². The van der Waals surface area contributed by atoms with E-state index >= 15 is 0 Å². The van der Waals surface area contributed by atoms with Crippen molar-refractivity contribution in [3.8, 4) is 5.75 Å². The first-order valence-electron chi connectivity index (χ1n) is 9.99. The molecular formula is C25H21NO5S. The molecule has 0 fully saturated rings. The summed E-state index contributed by atoms with van der Waals surface area (Å²) in [6.45, 7) is 0.